The maximum atomic E-state index is 13.0. The van der Waals surface area contributed by atoms with Crippen LogP contribution in [-0.4, -0.2) is 36.5 Å². The highest BCUT2D eigenvalue weighted by molar-refractivity contribution is 9.10. The largest absolute Gasteiger partial charge is 0.492 e. The number of hydrogen-bond acceptors (Lipinski definition) is 3. The Morgan fingerprint density at radius 1 is 1.42 bits per heavy atom. The van der Waals surface area contributed by atoms with Gasteiger partial charge in [0.1, 0.15) is 11.6 Å². The molecule has 1 saturated heterocycles. The maximum Gasteiger partial charge on any atom is 0.324 e. The van der Waals surface area contributed by atoms with E-state index >= 15 is 0 Å². The van der Waals surface area contributed by atoms with Gasteiger partial charge in [0.2, 0.25) is 5.91 Å². The lowest BCUT2D eigenvalue weighted by Crippen LogP contribution is -2.32. The summed E-state index contributed by atoms with van der Waals surface area (Å²) < 4.78 is 19.0. The Hall–Kier alpha value is -1.63. The van der Waals surface area contributed by atoms with Crippen LogP contribution in [0, 0.1) is 5.82 Å². The number of amides is 3. The van der Waals surface area contributed by atoms with E-state index in [0.717, 1.165) is 4.90 Å². The summed E-state index contributed by atoms with van der Waals surface area (Å²) in [5.74, 6) is -0.221. The van der Waals surface area contributed by atoms with Crippen molar-refractivity contribution in [3.8, 4) is 5.75 Å². The second kappa shape index (κ2) is 6.01. The smallest absolute Gasteiger partial charge is 0.324 e. The van der Waals surface area contributed by atoms with Crippen molar-refractivity contribution in [3.63, 3.8) is 0 Å². The predicted molar refractivity (Wildman–Crippen MR) is 69.3 cm³/mol. The molecule has 0 unspecified atom stereocenters. The number of ether oxygens (including phenoxy) is 1. The van der Waals surface area contributed by atoms with Gasteiger partial charge in [0, 0.05) is 12.6 Å². The summed E-state index contributed by atoms with van der Waals surface area (Å²) in [6.45, 7) is 0.631. The zero-order valence-electron chi connectivity index (χ0n) is 9.99. The molecule has 1 heterocycles. The summed E-state index contributed by atoms with van der Waals surface area (Å²) in [5, 5.41) is 2.43. The van der Waals surface area contributed by atoms with Crippen molar-refractivity contribution < 1.29 is 18.7 Å². The third-order valence-corrected chi connectivity index (χ3v) is 3.27. The summed E-state index contributed by atoms with van der Waals surface area (Å²) in [4.78, 5) is 23.7. The number of imide groups is 1. The fourth-order valence-electron chi connectivity index (χ4n) is 1.67. The van der Waals surface area contributed by atoms with E-state index in [-0.39, 0.29) is 30.8 Å². The van der Waals surface area contributed by atoms with Gasteiger partial charge in [-0.1, -0.05) is 0 Å². The first-order valence-corrected chi connectivity index (χ1v) is 6.53. The molecule has 3 amide bonds. The molecule has 19 heavy (non-hydrogen) atoms. The number of carbonyl (C=O) groups excluding carboxylic acids is 2. The number of halogens is 2. The van der Waals surface area contributed by atoms with E-state index < -0.39 is 0 Å². The van der Waals surface area contributed by atoms with Crippen molar-refractivity contribution in [2.75, 3.05) is 19.7 Å². The first-order chi connectivity index (χ1) is 9.08. The van der Waals surface area contributed by atoms with Crippen LogP contribution in [0.15, 0.2) is 22.7 Å². The molecular weight excluding hydrogens is 319 g/mol. The van der Waals surface area contributed by atoms with Crippen LogP contribution in [-0.2, 0) is 4.79 Å². The third-order valence-electron chi connectivity index (χ3n) is 2.61. The van der Waals surface area contributed by atoms with Gasteiger partial charge in [-0.15, -0.1) is 0 Å². The summed E-state index contributed by atoms with van der Waals surface area (Å²) in [6.07, 6.45) is 0.488. The van der Waals surface area contributed by atoms with E-state index in [0.29, 0.717) is 23.2 Å². The average molecular weight is 331 g/mol. The molecule has 1 fully saturated rings. The van der Waals surface area contributed by atoms with Gasteiger partial charge in [-0.05, 0) is 34.5 Å². The third kappa shape index (κ3) is 3.44. The van der Waals surface area contributed by atoms with E-state index in [2.05, 4.69) is 21.2 Å². The van der Waals surface area contributed by atoms with E-state index in [1.54, 1.807) is 6.07 Å². The van der Waals surface area contributed by atoms with Gasteiger partial charge in [-0.2, -0.15) is 0 Å². The van der Waals surface area contributed by atoms with Gasteiger partial charge in [0.05, 0.1) is 17.6 Å². The number of benzene rings is 1. The molecule has 0 spiro atoms. The Labute approximate surface area is 117 Å². The number of nitrogens with zero attached hydrogens (tertiary/aromatic N) is 1. The van der Waals surface area contributed by atoms with Crippen LogP contribution < -0.4 is 10.1 Å². The predicted octanol–water partition coefficient (Wildman–Crippen LogP) is 1.91. The molecule has 0 atom stereocenters. The van der Waals surface area contributed by atoms with Crippen LogP contribution in [0.3, 0.4) is 0 Å². The highest BCUT2D eigenvalue weighted by Gasteiger charge is 2.27. The van der Waals surface area contributed by atoms with Crippen molar-refractivity contribution in [2.24, 2.45) is 0 Å². The Balaban J connectivity index is 1.79. The number of nitrogens with one attached hydrogen (secondary N) is 1. The summed E-state index contributed by atoms with van der Waals surface area (Å²) in [6, 6.07) is 3.78. The zero-order valence-corrected chi connectivity index (χ0v) is 11.6. The molecule has 1 aromatic rings. The summed E-state index contributed by atoms with van der Waals surface area (Å²) in [5.41, 5.74) is 0. The van der Waals surface area contributed by atoms with E-state index in [4.69, 9.17) is 4.74 Å². The van der Waals surface area contributed by atoms with E-state index in [9.17, 15) is 14.0 Å². The SMILES string of the molecule is O=C1CNC(=O)N1CCCOc1cc(F)ccc1Br. The van der Waals surface area contributed by atoms with Crippen molar-refractivity contribution in [2.45, 2.75) is 6.42 Å². The van der Waals surface area contributed by atoms with Crippen LogP contribution >= 0.6 is 15.9 Å². The lowest BCUT2D eigenvalue weighted by molar-refractivity contribution is -0.125. The van der Waals surface area contributed by atoms with Crippen LogP contribution in [0.25, 0.3) is 0 Å². The Bertz CT molecular complexity index is 494. The second-order valence-electron chi connectivity index (χ2n) is 3.98. The topological polar surface area (TPSA) is 58.6 Å². The molecule has 1 aliphatic rings. The van der Waals surface area contributed by atoms with Crippen LogP contribution in [0.5, 0.6) is 5.75 Å². The quantitative estimate of drug-likeness (QED) is 0.662. The lowest BCUT2D eigenvalue weighted by Gasteiger charge is -2.13. The molecule has 5 nitrogen and oxygen atoms in total. The van der Waals surface area contributed by atoms with E-state index in [1.807, 2.05) is 0 Å². The van der Waals surface area contributed by atoms with Gasteiger partial charge in [-0.25, -0.2) is 9.18 Å². The minimum atomic E-state index is -0.382. The Morgan fingerprint density at radius 3 is 2.89 bits per heavy atom. The normalized spacial score (nSPS) is 14.7. The maximum absolute atomic E-state index is 13.0. The molecule has 102 valence electrons. The summed E-state index contributed by atoms with van der Waals surface area (Å²) in [7, 11) is 0. The number of carbonyl (C=O) groups is 2. The van der Waals surface area contributed by atoms with E-state index in [1.165, 1.54) is 12.1 Å². The van der Waals surface area contributed by atoms with Gasteiger partial charge in [0.25, 0.3) is 0 Å². The first kappa shape index (κ1) is 13.8. The molecule has 0 radical (unpaired) electrons. The molecule has 7 heteroatoms. The van der Waals surface area contributed by atoms with Crippen molar-refractivity contribution in [1.82, 2.24) is 10.2 Å². The summed E-state index contributed by atoms with van der Waals surface area (Å²) >= 11 is 3.25. The molecule has 2 rings (SSSR count). The number of urea groups is 1. The number of rotatable bonds is 5. The molecule has 0 aromatic heterocycles. The van der Waals surface area contributed by atoms with Gasteiger partial charge < -0.3 is 10.1 Å². The molecule has 0 aliphatic carbocycles. The second-order valence-corrected chi connectivity index (χ2v) is 4.84. The zero-order chi connectivity index (χ0) is 13.8. The van der Waals surface area contributed by atoms with Crippen molar-refractivity contribution in [3.05, 3.63) is 28.5 Å². The van der Waals surface area contributed by atoms with Gasteiger partial charge >= 0.3 is 6.03 Å². The minimum Gasteiger partial charge on any atom is -0.492 e. The van der Waals surface area contributed by atoms with Gasteiger partial charge in [0.15, 0.2) is 0 Å². The lowest BCUT2D eigenvalue weighted by atomic mass is 10.3. The Morgan fingerprint density at radius 2 is 2.21 bits per heavy atom. The van der Waals surface area contributed by atoms with Crippen molar-refractivity contribution in [1.29, 1.82) is 0 Å². The standard InChI is InChI=1S/C12H12BrFN2O3/c13-9-3-2-8(14)6-10(9)19-5-1-4-16-11(17)7-15-12(16)18/h2-3,6H,1,4-5,7H2,(H,15,18). The van der Waals surface area contributed by atoms with Crippen LogP contribution in [0.1, 0.15) is 6.42 Å². The highest BCUT2D eigenvalue weighted by atomic mass is 79.9. The van der Waals surface area contributed by atoms with Crippen LogP contribution in [0.2, 0.25) is 0 Å². The molecule has 0 bridgehead atoms. The fourth-order valence-corrected chi connectivity index (χ4v) is 2.04. The first-order valence-electron chi connectivity index (χ1n) is 5.74. The monoisotopic (exact) mass is 330 g/mol. The highest BCUT2D eigenvalue weighted by Crippen LogP contribution is 2.25. The molecule has 1 aromatic carbocycles. The Kier molecular flexibility index (Phi) is 4.36. The molecular formula is C12H12BrFN2O3. The van der Waals surface area contributed by atoms with Crippen LogP contribution in [0.4, 0.5) is 9.18 Å². The molecule has 1 N–H and O–H groups in total. The molecule has 0 saturated carbocycles. The number of hydrogen-bond donors (Lipinski definition) is 1. The molecule has 1 aliphatic heterocycles. The minimum absolute atomic E-state index is 0.0507. The van der Waals surface area contributed by atoms with Crippen molar-refractivity contribution >= 4 is 27.9 Å². The van der Waals surface area contributed by atoms with Gasteiger partial charge in [-0.3, -0.25) is 9.69 Å². The average Bonchev–Trinajstić information content (AvgIpc) is 2.69. The fraction of sp³-hybridized carbons (Fsp3) is 0.333.